The zero-order valence-corrected chi connectivity index (χ0v) is 16.7. The Kier molecular flexibility index (Phi) is 6.63. The van der Waals surface area contributed by atoms with Crippen molar-refractivity contribution in [1.29, 1.82) is 0 Å². The average Bonchev–Trinajstić information content (AvgIpc) is 3.02. The van der Waals surface area contributed by atoms with E-state index in [0.29, 0.717) is 19.7 Å². The van der Waals surface area contributed by atoms with Gasteiger partial charge in [-0.3, -0.25) is 9.69 Å². The van der Waals surface area contributed by atoms with Gasteiger partial charge < -0.3 is 9.94 Å². The minimum Gasteiger partial charge on any atom is -0.481 e. The Morgan fingerprint density at radius 2 is 2.19 bits per heavy atom. The number of piperidine rings is 1. The normalized spacial score (nSPS) is 18.1. The van der Waals surface area contributed by atoms with Crippen molar-refractivity contribution in [2.45, 2.75) is 26.7 Å². The number of rotatable bonds is 7. The lowest BCUT2D eigenvalue weighted by Crippen LogP contribution is -2.40. The van der Waals surface area contributed by atoms with Gasteiger partial charge >= 0.3 is 5.97 Å². The Hall–Kier alpha value is -2.18. The molecule has 1 aliphatic heterocycles. The van der Waals surface area contributed by atoms with E-state index in [-0.39, 0.29) is 5.92 Å². The Balaban J connectivity index is 1.51. The zero-order chi connectivity index (χ0) is 19.2. The van der Waals surface area contributed by atoms with E-state index in [2.05, 4.69) is 53.5 Å². The van der Waals surface area contributed by atoms with Crippen molar-refractivity contribution in [3.8, 4) is 11.1 Å². The summed E-state index contributed by atoms with van der Waals surface area (Å²) in [5, 5.41) is 15.4. The van der Waals surface area contributed by atoms with E-state index in [1.54, 1.807) is 17.6 Å². The maximum absolute atomic E-state index is 11.1. The molecule has 0 saturated carbocycles. The maximum atomic E-state index is 11.1. The molecule has 1 atom stereocenters. The van der Waals surface area contributed by atoms with Crippen LogP contribution in [-0.2, 0) is 9.63 Å². The lowest BCUT2D eigenvalue weighted by molar-refractivity contribution is -0.143. The van der Waals surface area contributed by atoms with Gasteiger partial charge in [0.2, 0.25) is 0 Å². The first-order chi connectivity index (χ1) is 13.1. The van der Waals surface area contributed by atoms with Crippen LogP contribution in [0.15, 0.2) is 34.8 Å². The Morgan fingerprint density at radius 3 is 2.96 bits per heavy atom. The van der Waals surface area contributed by atoms with Crippen LogP contribution in [0.5, 0.6) is 0 Å². The van der Waals surface area contributed by atoms with Crippen LogP contribution in [-0.4, -0.2) is 48.4 Å². The average molecular weight is 387 g/mol. The zero-order valence-electron chi connectivity index (χ0n) is 15.9. The third-order valence-corrected chi connectivity index (χ3v) is 6.13. The molecule has 1 unspecified atom stereocenters. The highest BCUT2D eigenvalue weighted by molar-refractivity contribution is 7.12. The fourth-order valence-electron chi connectivity index (χ4n) is 3.47. The lowest BCUT2D eigenvalue weighted by Gasteiger charge is -2.29. The van der Waals surface area contributed by atoms with E-state index in [9.17, 15) is 4.79 Å². The third kappa shape index (κ3) is 4.96. The van der Waals surface area contributed by atoms with Crippen LogP contribution >= 0.6 is 11.3 Å². The minimum absolute atomic E-state index is 0.254. The van der Waals surface area contributed by atoms with E-state index in [4.69, 9.17) is 9.94 Å². The number of hydrogen-bond acceptors (Lipinski definition) is 5. The van der Waals surface area contributed by atoms with Gasteiger partial charge in [-0.1, -0.05) is 29.4 Å². The number of carbonyl (C=O) groups is 1. The summed E-state index contributed by atoms with van der Waals surface area (Å²) in [6.45, 7) is 6.95. The van der Waals surface area contributed by atoms with Gasteiger partial charge in [-0.25, -0.2) is 0 Å². The number of nitrogens with zero attached hydrogens (tertiary/aromatic N) is 2. The van der Waals surface area contributed by atoms with Crippen LogP contribution in [0.4, 0.5) is 0 Å². The fourth-order valence-corrected chi connectivity index (χ4v) is 4.41. The summed E-state index contributed by atoms with van der Waals surface area (Å²) in [5.74, 6) is -0.952. The van der Waals surface area contributed by atoms with Crippen molar-refractivity contribution in [2.75, 3.05) is 26.2 Å². The second-order valence-electron chi connectivity index (χ2n) is 7.00. The first-order valence-corrected chi connectivity index (χ1v) is 10.2. The van der Waals surface area contributed by atoms with Crippen molar-refractivity contribution in [2.24, 2.45) is 11.1 Å². The van der Waals surface area contributed by atoms with E-state index >= 15 is 0 Å². The molecule has 5 nitrogen and oxygen atoms in total. The van der Waals surface area contributed by atoms with Crippen LogP contribution < -0.4 is 0 Å². The van der Waals surface area contributed by atoms with Crippen molar-refractivity contribution < 1.29 is 14.7 Å². The molecule has 0 spiro atoms. The molecular weight excluding hydrogens is 360 g/mol. The number of hydrogen-bond donors (Lipinski definition) is 1. The maximum Gasteiger partial charge on any atom is 0.307 e. The second-order valence-corrected chi connectivity index (χ2v) is 7.91. The molecule has 0 amide bonds. The molecule has 0 bridgehead atoms. The quantitative estimate of drug-likeness (QED) is 0.440. The van der Waals surface area contributed by atoms with Crippen molar-refractivity contribution in [3.05, 3.63) is 45.6 Å². The molecule has 0 radical (unpaired) electrons. The number of carboxylic acid groups (broad SMARTS) is 1. The summed E-state index contributed by atoms with van der Waals surface area (Å²) in [5.41, 5.74) is 4.97. The summed E-state index contributed by atoms with van der Waals surface area (Å²) in [4.78, 5) is 19.8. The Labute approximate surface area is 164 Å². The van der Waals surface area contributed by atoms with Gasteiger partial charge in [0, 0.05) is 13.1 Å². The van der Waals surface area contributed by atoms with E-state index in [0.717, 1.165) is 24.3 Å². The molecule has 6 heteroatoms. The number of carboxylic acids is 1. The Bertz CT molecular complexity index is 816. The molecule has 2 aromatic rings. The molecule has 1 aromatic carbocycles. The summed E-state index contributed by atoms with van der Waals surface area (Å²) in [7, 11) is 0. The molecule has 1 aliphatic rings. The highest BCUT2D eigenvalue weighted by Crippen LogP contribution is 2.32. The van der Waals surface area contributed by atoms with Crippen LogP contribution in [0.1, 0.15) is 28.8 Å². The van der Waals surface area contributed by atoms with Crippen LogP contribution in [0, 0.1) is 19.8 Å². The number of aliphatic carboxylic acids is 1. The molecule has 27 heavy (non-hydrogen) atoms. The van der Waals surface area contributed by atoms with Crippen LogP contribution in [0.2, 0.25) is 0 Å². The Morgan fingerprint density at radius 1 is 1.37 bits per heavy atom. The van der Waals surface area contributed by atoms with Crippen molar-refractivity contribution >= 4 is 23.5 Å². The van der Waals surface area contributed by atoms with Gasteiger partial charge in [-0.2, -0.15) is 0 Å². The smallest absolute Gasteiger partial charge is 0.307 e. The molecule has 1 aromatic heterocycles. The minimum atomic E-state index is -0.698. The molecule has 0 aliphatic carbocycles. The highest BCUT2D eigenvalue weighted by Gasteiger charge is 2.24. The van der Waals surface area contributed by atoms with Gasteiger partial charge in [-0.15, -0.1) is 11.3 Å². The number of oxime groups is 1. The van der Waals surface area contributed by atoms with Gasteiger partial charge in [0.15, 0.2) is 0 Å². The SMILES string of the molecule is Cc1ccccc1-c1csc(C=NOCCN2CCCC(C(=O)O)C2)c1C. The predicted octanol–water partition coefficient (Wildman–Crippen LogP) is 4.18. The predicted molar refractivity (Wildman–Crippen MR) is 110 cm³/mol. The third-order valence-electron chi connectivity index (χ3n) is 5.11. The van der Waals surface area contributed by atoms with Crippen LogP contribution in [0.25, 0.3) is 11.1 Å². The van der Waals surface area contributed by atoms with E-state index in [1.807, 2.05) is 0 Å². The summed E-state index contributed by atoms with van der Waals surface area (Å²) >= 11 is 1.66. The lowest BCUT2D eigenvalue weighted by atomic mass is 9.98. The second kappa shape index (κ2) is 9.15. The molecule has 1 saturated heterocycles. The summed E-state index contributed by atoms with van der Waals surface area (Å²) < 4.78 is 0. The van der Waals surface area contributed by atoms with Crippen molar-refractivity contribution in [1.82, 2.24) is 4.90 Å². The molecule has 3 rings (SSSR count). The number of likely N-dealkylation sites (tertiary alicyclic amines) is 1. The summed E-state index contributed by atoms with van der Waals surface area (Å²) in [6.07, 6.45) is 3.47. The first-order valence-electron chi connectivity index (χ1n) is 9.31. The number of benzene rings is 1. The molecule has 1 N–H and O–H groups in total. The molecule has 1 fully saturated rings. The van der Waals surface area contributed by atoms with E-state index < -0.39 is 5.97 Å². The van der Waals surface area contributed by atoms with Gasteiger partial charge in [-0.05, 0) is 60.9 Å². The largest absolute Gasteiger partial charge is 0.481 e. The van der Waals surface area contributed by atoms with Gasteiger partial charge in [0.25, 0.3) is 0 Å². The molecule has 144 valence electrons. The first kappa shape index (κ1) is 19.6. The monoisotopic (exact) mass is 386 g/mol. The van der Waals surface area contributed by atoms with Gasteiger partial charge in [0.1, 0.15) is 6.61 Å². The highest BCUT2D eigenvalue weighted by atomic mass is 32.1. The van der Waals surface area contributed by atoms with Crippen LogP contribution in [0.3, 0.4) is 0 Å². The number of aryl methyl sites for hydroxylation is 1. The molecular formula is C21H26N2O3S. The topological polar surface area (TPSA) is 62.1 Å². The number of thiophene rings is 1. The fraction of sp³-hybridized carbons (Fsp3) is 0.429. The van der Waals surface area contributed by atoms with Crippen molar-refractivity contribution in [3.63, 3.8) is 0 Å². The summed E-state index contributed by atoms with van der Waals surface area (Å²) in [6, 6.07) is 8.38. The standard InChI is InChI=1S/C21H26N2O3S/c1-15-6-3-4-8-18(15)19-14-27-20(16(19)2)12-22-26-11-10-23-9-5-7-17(13-23)21(24)25/h3-4,6,8,12,14,17H,5,7,9-11,13H2,1-2H3,(H,24,25). The van der Waals surface area contributed by atoms with Gasteiger partial charge in [0.05, 0.1) is 17.0 Å². The molecule has 2 heterocycles. The van der Waals surface area contributed by atoms with E-state index in [1.165, 1.54) is 22.3 Å².